The largest absolute Gasteiger partial charge is 0.364 e. The summed E-state index contributed by atoms with van der Waals surface area (Å²) in [4.78, 5) is 0. The number of aromatic nitrogens is 1. The Morgan fingerprint density at radius 2 is 2.07 bits per heavy atom. The second-order valence-corrected chi connectivity index (χ2v) is 3.19. The van der Waals surface area contributed by atoms with Gasteiger partial charge in [0.1, 0.15) is 12.0 Å². The molecule has 1 aromatic heterocycles. The number of nitrogens with zero attached hydrogens (tertiary/aromatic N) is 1. The number of aryl methyl sites for hydroxylation is 1. The van der Waals surface area contributed by atoms with Gasteiger partial charge in [-0.25, -0.2) is 0 Å². The van der Waals surface area contributed by atoms with Gasteiger partial charge in [0.05, 0.1) is 0 Å². The molecule has 0 spiro atoms. The summed E-state index contributed by atoms with van der Waals surface area (Å²) in [5.41, 5.74) is 9.69. The van der Waals surface area contributed by atoms with Gasteiger partial charge in [0, 0.05) is 12.1 Å². The fourth-order valence-corrected chi connectivity index (χ4v) is 1.50. The third-order valence-electron chi connectivity index (χ3n) is 2.27. The van der Waals surface area contributed by atoms with E-state index in [0.717, 1.165) is 16.8 Å². The molecule has 0 aliphatic carbocycles. The molecule has 1 aromatic carbocycles. The summed E-state index contributed by atoms with van der Waals surface area (Å²) < 4.78 is 4.92. The van der Waals surface area contributed by atoms with E-state index < -0.39 is 0 Å². The highest BCUT2D eigenvalue weighted by Crippen LogP contribution is 2.25. The minimum Gasteiger partial charge on any atom is -0.364 e. The Hall–Kier alpha value is -1.61. The van der Waals surface area contributed by atoms with Gasteiger partial charge in [-0.05, 0) is 18.1 Å². The summed E-state index contributed by atoms with van der Waals surface area (Å²) in [7, 11) is 0. The summed E-state index contributed by atoms with van der Waals surface area (Å²) in [6, 6.07) is 8.10. The van der Waals surface area contributed by atoms with Crippen LogP contribution in [0.25, 0.3) is 11.1 Å². The molecule has 0 radical (unpaired) electrons. The summed E-state index contributed by atoms with van der Waals surface area (Å²) in [5, 5.41) is 3.85. The maximum atomic E-state index is 5.56. The molecule has 14 heavy (non-hydrogen) atoms. The second kappa shape index (κ2) is 3.64. The highest BCUT2D eigenvalue weighted by Gasteiger charge is 2.09. The summed E-state index contributed by atoms with van der Waals surface area (Å²) in [6.45, 7) is 2.46. The van der Waals surface area contributed by atoms with Crippen molar-refractivity contribution in [1.82, 2.24) is 5.16 Å². The van der Waals surface area contributed by atoms with E-state index in [-0.39, 0.29) is 0 Å². The van der Waals surface area contributed by atoms with Crippen LogP contribution in [0, 0.1) is 6.92 Å². The van der Waals surface area contributed by atoms with Crippen LogP contribution in [-0.2, 0) is 6.54 Å². The lowest BCUT2D eigenvalue weighted by atomic mass is 10.0. The first-order chi connectivity index (χ1) is 6.83. The SMILES string of the molecule is Cc1ccccc1-c1conc1CN. The molecule has 2 rings (SSSR count). The van der Waals surface area contributed by atoms with Crippen LogP contribution in [0.3, 0.4) is 0 Å². The van der Waals surface area contributed by atoms with Crippen molar-refractivity contribution in [2.45, 2.75) is 13.5 Å². The van der Waals surface area contributed by atoms with Gasteiger partial charge >= 0.3 is 0 Å². The van der Waals surface area contributed by atoms with Gasteiger partial charge in [-0.15, -0.1) is 0 Å². The molecular weight excluding hydrogens is 176 g/mol. The van der Waals surface area contributed by atoms with Crippen molar-refractivity contribution in [3.63, 3.8) is 0 Å². The van der Waals surface area contributed by atoms with Crippen LogP contribution in [0.15, 0.2) is 35.1 Å². The van der Waals surface area contributed by atoms with Crippen molar-refractivity contribution >= 4 is 0 Å². The predicted molar refractivity (Wildman–Crippen MR) is 54.6 cm³/mol. The van der Waals surface area contributed by atoms with Crippen molar-refractivity contribution in [3.8, 4) is 11.1 Å². The van der Waals surface area contributed by atoms with Crippen molar-refractivity contribution in [3.05, 3.63) is 41.8 Å². The van der Waals surface area contributed by atoms with E-state index >= 15 is 0 Å². The first-order valence-corrected chi connectivity index (χ1v) is 4.52. The molecule has 0 aliphatic rings. The number of benzene rings is 1. The molecule has 0 fully saturated rings. The molecule has 3 nitrogen and oxygen atoms in total. The molecule has 0 saturated heterocycles. The van der Waals surface area contributed by atoms with Crippen molar-refractivity contribution in [1.29, 1.82) is 0 Å². The molecule has 0 atom stereocenters. The van der Waals surface area contributed by atoms with E-state index in [0.29, 0.717) is 6.54 Å². The maximum Gasteiger partial charge on any atom is 0.131 e. The Kier molecular flexibility index (Phi) is 2.33. The summed E-state index contributed by atoms with van der Waals surface area (Å²) in [5.74, 6) is 0. The van der Waals surface area contributed by atoms with Crippen LogP contribution < -0.4 is 5.73 Å². The Morgan fingerprint density at radius 1 is 1.29 bits per heavy atom. The third-order valence-corrected chi connectivity index (χ3v) is 2.27. The van der Waals surface area contributed by atoms with E-state index in [9.17, 15) is 0 Å². The molecule has 0 amide bonds. The van der Waals surface area contributed by atoms with Crippen molar-refractivity contribution in [2.75, 3.05) is 0 Å². The minimum absolute atomic E-state index is 0.403. The Bertz CT molecular complexity index is 434. The van der Waals surface area contributed by atoms with Gasteiger partial charge in [-0.2, -0.15) is 0 Å². The zero-order valence-electron chi connectivity index (χ0n) is 8.03. The fourth-order valence-electron chi connectivity index (χ4n) is 1.50. The standard InChI is InChI=1S/C11H12N2O/c1-8-4-2-3-5-9(8)10-7-14-13-11(10)6-12/h2-5,7H,6,12H2,1H3. The normalized spacial score (nSPS) is 10.4. The smallest absolute Gasteiger partial charge is 0.131 e. The lowest BCUT2D eigenvalue weighted by Gasteiger charge is -2.02. The molecule has 3 heteroatoms. The molecule has 0 aliphatic heterocycles. The Morgan fingerprint density at radius 3 is 2.79 bits per heavy atom. The van der Waals surface area contributed by atoms with E-state index in [1.165, 1.54) is 5.56 Å². The Labute approximate surface area is 82.5 Å². The minimum atomic E-state index is 0.403. The van der Waals surface area contributed by atoms with E-state index in [1.54, 1.807) is 6.26 Å². The van der Waals surface area contributed by atoms with Crippen LogP contribution in [0.5, 0.6) is 0 Å². The molecule has 0 saturated carbocycles. The van der Waals surface area contributed by atoms with Crippen LogP contribution in [0.2, 0.25) is 0 Å². The summed E-state index contributed by atoms with van der Waals surface area (Å²) >= 11 is 0. The van der Waals surface area contributed by atoms with Gasteiger partial charge in [-0.3, -0.25) is 0 Å². The molecule has 0 unspecified atom stereocenters. The fraction of sp³-hybridized carbons (Fsp3) is 0.182. The second-order valence-electron chi connectivity index (χ2n) is 3.19. The molecule has 72 valence electrons. The van der Waals surface area contributed by atoms with Gasteiger partial charge in [0.2, 0.25) is 0 Å². The van der Waals surface area contributed by atoms with Crippen LogP contribution >= 0.6 is 0 Å². The van der Waals surface area contributed by atoms with E-state index in [1.807, 2.05) is 18.2 Å². The zero-order valence-corrected chi connectivity index (χ0v) is 8.03. The average Bonchev–Trinajstić information content (AvgIpc) is 2.66. The molecular formula is C11H12N2O. The zero-order chi connectivity index (χ0) is 9.97. The van der Waals surface area contributed by atoms with E-state index in [4.69, 9.17) is 10.3 Å². The topological polar surface area (TPSA) is 52.0 Å². The molecule has 2 N–H and O–H groups in total. The van der Waals surface area contributed by atoms with Crippen LogP contribution in [0.4, 0.5) is 0 Å². The average molecular weight is 188 g/mol. The lowest BCUT2D eigenvalue weighted by Crippen LogP contribution is -1.98. The number of hydrogen-bond acceptors (Lipinski definition) is 3. The van der Waals surface area contributed by atoms with Gasteiger partial charge in [0.25, 0.3) is 0 Å². The first-order valence-electron chi connectivity index (χ1n) is 4.52. The van der Waals surface area contributed by atoms with Crippen molar-refractivity contribution < 1.29 is 4.52 Å². The van der Waals surface area contributed by atoms with Crippen LogP contribution in [0.1, 0.15) is 11.3 Å². The number of nitrogens with two attached hydrogens (primary N) is 1. The van der Waals surface area contributed by atoms with Crippen molar-refractivity contribution in [2.24, 2.45) is 5.73 Å². The number of hydrogen-bond donors (Lipinski definition) is 1. The molecule has 0 bridgehead atoms. The number of rotatable bonds is 2. The Balaban J connectivity index is 2.54. The maximum absolute atomic E-state index is 5.56. The van der Waals surface area contributed by atoms with Gasteiger partial charge < -0.3 is 10.3 Å². The monoisotopic (exact) mass is 188 g/mol. The van der Waals surface area contributed by atoms with Gasteiger partial charge in [0.15, 0.2) is 0 Å². The molecule has 1 heterocycles. The quantitative estimate of drug-likeness (QED) is 0.785. The first kappa shape index (κ1) is 8.97. The van der Waals surface area contributed by atoms with Crippen LogP contribution in [-0.4, -0.2) is 5.16 Å². The summed E-state index contributed by atoms with van der Waals surface area (Å²) in [6.07, 6.45) is 1.64. The lowest BCUT2D eigenvalue weighted by molar-refractivity contribution is 0.412. The third kappa shape index (κ3) is 1.42. The highest BCUT2D eigenvalue weighted by molar-refractivity contribution is 5.68. The van der Waals surface area contributed by atoms with Gasteiger partial charge in [-0.1, -0.05) is 29.4 Å². The highest BCUT2D eigenvalue weighted by atomic mass is 16.5. The molecule has 2 aromatic rings. The van der Waals surface area contributed by atoms with E-state index in [2.05, 4.69) is 18.1 Å². The predicted octanol–water partition coefficient (Wildman–Crippen LogP) is 2.11.